The molecular weight excluding hydrogens is 391 g/mol. The van der Waals surface area contributed by atoms with Gasteiger partial charge in [-0.3, -0.25) is 9.59 Å². The number of benzene rings is 1. The van der Waals surface area contributed by atoms with Crippen LogP contribution in [0.15, 0.2) is 28.5 Å². The molecule has 0 aliphatic heterocycles. The Morgan fingerprint density at radius 3 is 2.88 bits per heavy atom. The van der Waals surface area contributed by atoms with Crippen molar-refractivity contribution in [2.24, 2.45) is 0 Å². The average molecular weight is 405 g/mol. The maximum Gasteiger partial charge on any atom is 0.311 e. The number of nitrogens with zero attached hydrogens (tertiary/aromatic N) is 1. The van der Waals surface area contributed by atoms with Gasteiger partial charge in [0.1, 0.15) is 0 Å². The number of halogens is 2. The van der Waals surface area contributed by atoms with E-state index in [4.69, 9.17) is 23.2 Å². The lowest BCUT2D eigenvalue weighted by Crippen LogP contribution is -2.22. The maximum atomic E-state index is 12.3. The normalized spacial score (nSPS) is 11.8. The number of carbonyl (C=O) groups excluding carboxylic acids is 2. The van der Waals surface area contributed by atoms with Crippen LogP contribution < -0.4 is 5.32 Å². The van der Waals surface area contributed by atoms with Gasteiger partial charge in [0, 0.05) is 15.3 Å². The van der Waals surface area contributed by atoms with Crippen molar-refractivity contribution in [3.05, 3.63) is 39.3 Å². The van der Waals surface area contributed by atoms with Crippen molar-refractivity contribution in [2.75, 3.05) is 12.4 Å². The third-order valence-corrected chi connectivity index (χ3v) is 5.54. The fourth-order valence-electron chi connectivity index (χ4n) is 1.68. The smallest absolute Gasteiger partial charge is 0.311 e. The zero-order chi connectivity index (χ0) is 17.7. The molecule has 0 aliphatic carbocycles. The largest absolute Gasteiger partial charge is 0.469 e. The van der Waals surface area contributed by atoms with Gasteiger partial charge in [0.05, 0.1) is 29.5 Å². The lowest BCUT2D eigenvalue weighted by molar-refractivity contribution is -0.139. The first-order valence-electron chi connectivity index (χ1n) is 6.83. The van der Waals surface area contributed by atoms with E-state index in [9.17, 15) is 9.59 Å². The molecule has 1 N–H and O–H groups in total. The molecule has 1 aromatic carbocycles. The fraction of sp³-hybridized carbons (Fsp3) is 0.267. The molecule has 0 radical (unpaired) electrons. The molecule has 0 fully saturated rings. The van der Waals surface area contributed by atoms with Gasteiger partial charge in [-0.25, -0.2) is 4.98 Å². The van der Waals surface area contributed by atoms with Gasteiger partial charge in [0.2, 0.25) is 5.91 Å². The zero-order valence-corrected chi connectivity index (χ0v) is 16.0. The first kappa shape index (κ1) is 19.1. The van der Waals surface area contributed by atoms with E-state index in [1.165, 1.54) is 30.2 Å². The summed E-state index contributed by atoms with van der Waals surface area (Å²) >= 11 is 14.6. The number of aromatic nitrogens is 1. The molecule has 0 spiro atoms. The Hall–Kier alpha value is -1.28. The van der Waals surface area contributed by atoms with E-state index in [0.29, 0.717) is 20.9 Å². The van der Waals surface area contributed by atoms with Crippen LogP contribution in [0.4, 0.5) is 5.13 Å². The van der Waals surface area contributed by atoms with Crippen molar-refractivity contribution in [3.63, 3.8) is 0 Å². The minimum Gasteiger partial charge on any atom is -0.469 e. The van der Waals surface area contributed by atoms with Crippen LogP contribution in [-0.2, 0) is 20.7 Å². The minimum absolute atomic E-state index is 0.0747. The standard InChI is InChI=1S/C15H14Cl2N2O3S2/c1-8(24-12-5-9(16)3-4-11(12)17)14(21)19-15-18-10(7-23-15)6-13(20)22-2/h3-5,7-8H,6H2,1-2H3,(H,18,19,21). The number of methoxy groups -OCH3 is 1. The summed E-state index contributed by atoms with van der Waals surface area (Å²) in [7, 11) is 1.32. The predicted octanol–water partition coefficient (Wildman–Crippen LogP) is 4.28. The van der Waals surface area contributed by atoms with Crippen molar-refractivity contribution in [2.45, 2.75) is 23.5 Å². The number of anilines is 1. The second kappa shape index (κ2) is 8.71. The summed E-state index contributed by atoms with van der Waals surface area (Å²) in [5, 5.41) is 5.57. The molecule has 24 heavy (non-hydrogen) atoms. The number of esters is 1. The summed E-state index contributed by atoms with van der Waals surface area (Å²) in [6.07, 6.45) is 0.0747. The number of amides is 1. The van der Waals surface area contributed by atoms with Crippen LogP contribution in [0, 0.1) is 0 Å². The van der Waals surface area contributed by atoms with Crippen molar-refractivity contribution in [1.82, 2.24) is 4.98 Å². The highest BCUT2D eigenvalue weighted by Crippen LogP contribution is 2.33. The van der Waals surface area contributed by atoms with Crippen LogP contribution in [0.2, 0.25) is 10.0 Å². The van der Waals surface area contributed by atoms with Crippen molar-refractivity contribution in [3.8, 4) is 0 Å². The molecule has 2 aromatic rings. The SMILES string of the molecule is COC(=O)Cc1csc(NC(=O)C(C)Sc2cc(Cl)ccc2Cl)n1. The van der Waals surface area contributed by atoms with Crippen LogP contribution in [0.3, 0.4) is 0 Å². The number of hydrogen-bond donors (Lipinski definition) is 1. The summed E-state index contributed by atoms with van der Waals surface area (Å²) in [4.78, 5) is 28.4. The van der Waals surface area contributed by atoms with Gasteiger partial charge in [-0.05, 0) is 25.1 Å². The van der Waals surface area contributed by atoms with Gasteiger partial charge in [0.15, 0.2) is 5.13 Å². The molecule has 0 saturated heterocycles. The average Bonchev–Trinajstić information content (AvgIpc) is 2.97. The van der Waals surface area contributed by atoms with Crippen LogP contribution in [0.1, 0.15) is 12.6 Å². The topological polar surface area (TPSA) is 68.3 Å². The van der Waals surface area contributed by atoms with Crippen LogP contribution in [0.5, 0.6) is 0 Å². The highest BCUT2D eigenvalue weighted by Gasteiger charge is 2.18. The van der Waals surface area contributed by atoms with Crippen molar-refractivity contribution < 1.29 is 14.3 Å². The quantitative estimate of drug-likeness (QED) is 0.574. The van der Waals surface area contributed by atoms with E-state index in [1.54, 1.807) is 30.5 Å². The van der Waals surface area contributed by atoms with Gasteiger partial charge >= 0.3 is 5.97 Å². The van der Waals surface area contributed by atoms with E-state index in [0.717, 1.165) is 4.90 Å². The summed E-state index contributed by atoms with van der Waals surface area (Å²) in [6.45, 7) is 1.76. The van der Waals surface area contributed by atoms with E-state index in [-0.39, 0.29) is 18.3 Å². The zero-order valence-electron chi connectivity index (χ0n) is 12.8. The molecule has 0 aliphatic rings. The van der Waals surface area contributed by atoms with Gasteiger partial charge in [-0.1, -0.05) is 23.2 Å². The Morgan fingerprint density at radius 1 is 1.42 bits per heavy atom. The van der Waals surface area contributed by atoms with Gasteiger partial charge in [0.25, 0.3) is 0 Å². The van der Waals surface area contributed by atoms with E-state index < -0.39 is 5.25 Å². The molecule has 128 valence electrons. The Balaban J connectivity index is 1.96. The number of rotatable bonds is 6. The summed E-state index contributed by atoms with van der Waals surface area (Å²) in [5.74, 6) is -0.590. The second-order valence-electron chi connectivity index (χ2n) is 4.72. The number of carbonyl (C=O) groups is 2. The highest BCUT2D eigenvalue weighted by atomic mass is 35.5. The molecule has 0 saturated carbocycles. The van der Waals surface area contributed by atoms with E-state index >= 15 is 0 Å². The second-order valence-corrected chi connectivity index (χ2v) is 7.81. The number of thioether (sulfide) groups is 1. The van der Waals surface area contributed by atoms with Crippen LogP contribution in [0.25, 0.3) is 0 Å². The van der Waals surface area contributed by atoms with Crippen LogP contribution >= 0.6 is 46.3 Å². The summed E-state index contributed by atoms with van der Waals surface area (Å²) in [6, 6.07) is 5.10. The van der Waals surface area contributed by atoms with E-state index in [2.05, 4.69) is 15.0 Å². The third kappa shape index (κ3) is 5.37. The molecule has 0 bridgehead atoms. The Kier molecular flexibility index (Phi) is 6.91. The summed E-state index contributed by atoms with van der Waals surface area (Å²) < 4.78 is 4.58. The highest BCUT2D eigenvalue weighted by molar-refractivity contribution is 8.00. The molecular formula is C15H14Cl2N2O3S2. The number of hydrogen-bond acceptors (Lipinski definition) is 6. The lowest BCUT2D eigenvalue weighted by atomic mass is 10.3. The van der Waals surface area contributed by atoms with Crippen LogP contribution in [-0.4, -0.2) is 29.2 Å². The maximum absolute atomic E-state index is 12.3. The van der Waals surface area contributed by atoms with Gasteiger partial charge in [-0.15, -0.1) is 23.1 Å². The molecule has 1 amide bonds. The fourth-order valence-corrected chi connectivity index (χ4v) is 3.81. The minimum atomic E-state index is -0.395. The molecule has 1 heterocycles. The first-order chi connectivity index (χ1) is 11.4. The summed E-state index contributed by atoms with van der Waals surface area (Å²) in [5.41, 5.74) is 0.556. The number of nitrogens with one attached hydrogen (secondary N) is 1. The predicted molar refractivity (Wildman–Crippen MR) is 98.2 cm³/mol. The first-order valence-corrected chi connectivity index (χ1v) is 9.34. The van der Waals surface area contributed by atoms with Gasteiger partial charge < -0.3 is 10.1 Å². The van der Waals surface area contributed by atoms with Crippen molar-refractivity contribution >= 4 is 63.3 Å². The molecule has 1 unspecified atom stereocenters. The molecule has 2 rings (SSSR count). The number of thiazole rings is 1. The Bertz CT molecular complexity index is 752. The molecule has 5 nitrogen and oxygen atoms in total. The lowest BCUT2D eigenvalue weighted by Gasteiger charge is -2.11. The Morgan fingerprint density at radius 2 is 2.17 bits per heavy atom. The number of ether oxygens (including phenoxy) is 1. The van der Waals surface area contributed by atoms with Gasteiger partial charge in [-0.2, -0.15) is 0 Å². The third-order valence-electron chi connectivity index (χ3n) is 2.90. The molecule has 1 atom stereocenters. The van der Waals surface area contributed by atoms with E-state index in [1.807, 2.05) is 0 Å². The monoisotopic (exact) mass is 404 g/mol. The van der Waals surface area contributed by atoms with Crippen molar-refractivity contribution in [1.29, 1.82) is 0 Å². The Labute approximate surface area is 157 Å². The molecule has 9 heteroatoms. The molecule has 1 aromatic heterocycles.